The van der Waals surface area contributed by atoms with Gasteiger partial charge in [0.15, 0.2) is 23.0 Å². The highest BCUT2D eigenvalue weighted by molar-refractivity contribution is 14.1. The molecule has 0 amide bonds. The molecule has 0 bridgehead atoms. The molecular weight excluding hydrogens is 399 g/mol. The molecule has 0 saturated heterocycles. The molecule has 3 heteroatoms. The molecule has 0 heterocycles. The number of allylic oxidation sites excluding steroid dienone is 9. The van der Waals surface area contributed by atoms with Gasteiger partial charge in [-0.1, -0.05) is 55.4 Å². The van der Waals surface area contributed by atoms with Crippen LogP contribution in [-0.2, 0) is 7.86 Å². The third-order valence-electron chi connectivity index (χ3n) is 4.20. The van der Waals surface area contributed by atoms with E-state index >= 15 is 0 Å². The molecule has 0 saturated carbocycles. The van der Waals surface area contributed by atoms with Gasteiger partial charge >= 0.3 is 5.97 Å². The lowest BCUT2D eigenvalue weighted by atomic mass is 9.72. The first-order chi connectivity index (χ1) is 10.8. The largest absolute Gasteiger partial charge is 0.391 e. The number of carbonyl (C=O) groups excluding carboxylic acids is 1. The minimum atomic E-state index is -0.338. The summed E-state index contributed by atoms with van der Waals surface area (Å²) in [5, 5.41) is 0. The maximum Gasteiger partial charge on any atom is 0.340 e. The Morgan fingerprint density at radius 3 is 2.52 bits per heavy atom. The molecule has 0 unspecified atom stereocenters. The number of hydrogen-bond donors (Lipinski definition) is 0. The molecule has 0 spiro atoms. The Morgan fingerprint density at radius 2 is 1.91 bits per heavy atom. The summed E-state index contributed by atoms with van der Waals surface area (Å²) in [7, 11) is 0. The second kappa shape index (κ2) is 9.26. The minimum absolute atomic E-state index is 0.272. The molecular formula is C20H27IO2. The molecule has 0 atom stereocenters. The molecule has 0 aromatic rings. The van der Waals surface area contributed by atoms with Gasteiger partial charge in [0.2, 0.25) is 0 Å². The second-order valence-electron chi connectivity index (χ2n) is 6.82. The van der Waals surface area contributed by atoms with E-state index in [9.17, 15) is 4.79 Å². The zero-order chi connectivity index (χ0) is 17.5. The number of halogens is 1. The first-order valence-electron chi connectivity index (χ1n) is 8.00. The van der Waals surface area contributed by atoms with Crippen molar-refractivity contribution in [1.82, 2.24) is 0 Å². The van der Waals surface area contributed by atoms with E-state index < -0.39 is 0 Å². The van der Waals surface area contributed by atoms with Crippen molar-refractivity contribution in [2.24, 2.45) is 5.41 Å². The van der Waals surface area contributed by atoms with Gasteiger partial charge in [-0.3, -0.25) is 0 Å². The molecule has 1 aliphatic carbocycles. The van der Waals surface area contributed by atoms with Gasteiger partial charge in [-0.05, 0) is 56.6 Å². The first kappa shape index (κ1) is 19.9. The monoisotopic (exact) mass is 426 g/mol. The zero-order valence-corrected chi connectivity index (χ0v) is 16.9. The molecule has 23 heavy (non-hydrogen) atoms. The molecule has 0 radical (unpaired) electrons. The molecule has 1 rings (SSSR count). The summed E-state index contributed by atoms with van der Waals surface area (Å²) in [6.45, 7) is 10.9. The van der Waals surface area contributed by atoms with Gasteiger partial charge in [0.05, 0.1) is 0 Å². The predicted octanol–water partition coefficient (Wildman–Crippen LogP) is 6.41. The van der Waals surface area contributed by atoms with Gasteiger partial charge in [0.1, 0.15) is 0 Å². The van der Waals surface area contributed by atoms with Crippen molar-refractivity contribution in [2.45, 2.75) is 53.9 Å². The number of rotatable bonds is 5. The van der Waals surface area contributed by atoms with Crippen molar-refractivity contribution < 1.29 is 7.86 Å². The number of carbonyl (C=O) groups is 1. The van der Waals surface area contributed by atoms with Gasteiger partial charge in [-0.2, -0.15) is 0 Å². The van der Waals surface area contributed by atoms with E-state index in [0.29, 0.717) is 0 Å². The Morgan fingerprint density at radius 1 is 1.22 bits per heavy atom. The summed E-state index contributed by atoms with van der Waals surface area (Å²) in [5.74, 6) is -0.338. The van der Waals surface area contributed by atoms with Crippen LogP contribution in [0.3, 0.4) is 0 Å². The van der Waals surface area contributed by atoms with Crippen LogP contribution in [0.5, 0.6) is 0 Å². The average molecular weight is 426 g/mol. The van der Waals surface area contributed by atoms with Crippen molar-refractivity contribution in [2.75, 3.05) is 0 Å². The number of hydrogen-bond acceptors (Lipinski definition) is 2. The summed E-state index contributed by atoms with van der Waals surface area (Å²) in [5.41, 5.74) is 5.31. The molecule has 0 aromatic heterocycles. The van der Waals surface area contributed by atoms with E-state index in [0.717, 1.165) is 5.57 Å². The summed E-state index contributed by atoms with van der Waals surface area (Å²) in [6.07, 6.45) is 15.6. The van der Waals surface area contributed by atoms with Gasteiger partial charge in [0, 0.05) is 6.08 Å². The summed E-state index contributed by atoms with van der Waals surface area (Å²) in [6, 6.07) is 0. The van der Waals surface area contributed by atoms with E-state index in [2.05, 4.69) is 49.0 Å². The van der Waals surface area contributed by atoms with E-state index in [1.165, 1.54) is 42.1 Å². The highest BCUT2D eigenvalue weighted by Crippen LogP contribution is 2.40. The van der Waals surface area contributed by atoms with Crippen LogP contribution < -0.4 is 0 Å². The summed E-state index contributed by atoms with van der Waals surface area (Å²) >= 11 is 1.59. The molecule has 126 valence electrons. The third-order valence-corrected chi connectivity index (χ3v) is 4.63. The van der Waals surface area contributed by atoms with E-state index in [1.54, 1.807) is 23.0 Å². The maximum absolute atomic E-state index is 11.1. The smallest absolute Gasteiger partial charge is 0.340 e. The van der Waals surface area contributed by atoms with Crippen molar-refractivity contribution in [3.63, 3.8) is 0 Å². The minimum Gasteiger partial charge on any atom is -0.391 e. The highest BCUT2D eigenvalue weighted by Gasteiger charge is 2.26. The Hall–Kier alpha value is -1.10. The fraction of sp³-hybridized carbons (Fsp3) is 0.450. The lowest BCUT2D eigenvalue weighted by molar-refractivity contribution is -0.126. The average Bonchev–Trinajstić information content (AvgIpc) is 2.45. The highest BCUT2D eigenvalue weighted by atomic mass is 127. The Kier molecular flexibility index (Phi) is 8.03. The van der Waals surface area contributed by atoms with Crippen LogP contribution >= 0.6 is 23.0 Å². The Balaban J connectivity index is 2.77. The quantitative estimate of drug-likeness (QED) is 0.288. The van der Waals surface area contributed by atoms with Crippen molar-refractivity contribution in [3.8, 4) is 0 Å². The first-order valence-corrected chi connectivity index (χ1v) is 8.88. The zero-order valence-electron chi connectivity index (χ0n) is 14.8. The van der Waals surface area contributed by atoms with E-state index in [4.69, 9.17) is 0 Å². The SMILES string of the molecule is CC1=C(/C=C/C(C)=C/C=C/C(C)=C/C(=O)OI)C(C)(C)CCC1. The molecule has 1 aliphatic rings. The summed E-state index contributed by atoms with van der Waals surface area (Å²) in [4.78, 5) is 11.1. The van der Waals surface area contributed by atoms with Crippen molar-refractivity contribution in [1.29, 1.82) is 0 Å². The molecule has 0 N–H and O–H groups in total. The van der Waals surface area contributed by atoms with E-state index in [1.807, 2.05) is 19.1 Å². The van der Waals surface area contributed by atoms with Crippen LogP contribution in [0.2, 0.25) is 0 Å². The fourth-order valence-corrected chi connectivity index (χ4v) is 3.02. The van der Waals surface area contributed by atoms with E-state index in [-0.39, 0.29) is 11.4 Å². The molecule has 0 aromatic carbocycles. The molecule has 2 nitrogen and oxygen atoms in total. The van der Waals surface area contributed by atoms with Gasteiger partial charge in [-0.15, -0.1) is 0 Å². The van der Waals surface area contributed by atoms with Crippen LogP contribution in [0, 0.1) is 5.41 Å². The Labute approximate surface area is 154 Å². The normalized spacial score (nSPS) is 19.7. The fourth-order valence-electron chi connectivity index (χ4n) is 2.89. The van der Waals surface area contributed by atoms with Crippen LogP contribution in [0.15, 0.2) is 58.7 Å². The van der Waals surface area contributed by atoms with Crippen LogP contribution in [0.1, 0.15) is 53.9 Å². The van der Waals surface area contributed by atoms with Gasteiger partial charge < -0.3 is 3.07 Å². The topological polar surface area (TPSA) is 26.3 Å². The van der Waals surface area contributed by atoms with Crippen LogP contribution in [0.4, 0.5) is 0 Å². The summed E-state index contributed by atoms with van der Waals surface area (Å²) < 4.78 is 4.57. The molecule has 0 fully saturated rings. The Bertz CT molecular complexity index is 587. The second-order valence-corrected chi connectivity index (χ2v) is 7.26. The third kappa shape index (κ3) is 6.90. The standard InChI is InChI=1S/C20H27IO2/c1-15(8-6-9-16(2)14-19(22)23-21)11-12-18-17(3)10-7-13-20(18,4)5/h6,8-9,11-12,14H,7,10,13H2,1-5H3/b9-6+,12-11+,15-8+,16-14+. The molecule has 0 aliphatic heterocycles. The van der Waals surface area contributed by atoms with Crippen molar-refractivity contribution >= 4 is 29.0 Å². The van der Waals surface area contributed by atoms with Gasteiger partial charge in [0.25, 0.3) is 0 Å². The van der Waals surface area contributed by atoms with Crippen molar-refractivity contribution in [3.05, 3.63) is 58.7 Å². The van der Waals surface area contributed by atoms with Crippen LogP contribution in [-0.4, -0.2) is 5.97 Å². The maximum atomic E-state index is 11.1. The predicted molar refractivity (Wildman–Crippen MR) is 106 cm³/mol. The van der Waals surface area contributed by atoms with Crippen LogP contribution in [0.25, 0.3) is 0 Å². The lowest BCUT2D eigenvalue weighted by Gasteiger charge is -2.32. The lowest BCUT2D eigenvalue weighted by Crippen LogP contribution is -2.19. The van der Waals surface area contributed by atoms with Gasteiger partial charge in [-0.25, -0.2) is 4.79 Å².